The second-order valence-corrected chi connectivity index (χ2v) is 11.0. The monoisotopic (exact) mass is 468 g/mol. The minimum Gasteiger partial charge on any atom is -0.378 e. The molecule has 1 amide bonds. The Morgan fingerprint density at radius 1 is 1.24 bits per heavy atom. The smallest absolute Gasteiger partial charge is 0.244 e. The highest BCUT2D eigenvalue weighted by Gasteiger charge is 2.37. The van der Waals surface area contributed by atoms with E-state index in [1.54, 1.807) is 11.3 Å². The summed E-state index contributed by atoms with van der Waals surface area (Å²) in [7, 11) is 0. The van der Waals surface area contributed by atoms with Gasteiger partial charge >= 0.3 is 0 Å². The second-order valence-electron chi connectivity index (χ2n) is 9.93. The number of hydrogen-bond acceptors (Lipinski definition) is 7. The molecule has 4 heterocycles. The lowest BCUT2D eigenvalue weighted by atomic mass is 9.87. The van der Waals surface area contributed by atoms with E-state index in [1.807, 2.05) is 0 Å². The summed E-state index contributed by atoms with van der Waals surface area (Å²) in [4.78, 5) is 30.3. The van der Waals surface area contributed by atoms with Gasteiger partial charge in [0.05, 0.1) is 29.5 Å². The number of aliphatic imine (C=N–C) groups is 2. The second kappa shape index (κ2) is 9.12. The molecular formula is C24H32N6O2S. The van der Waals surface area contributed by atoms with Crippen LogP contribution >= 0.6 is 11.3 Å². The molecule has 2 N–H and O–H groups in total. The number of amides is 1. The molecular weight excluding hydrogens is 436 g/mol. The first kappa shape index (κ1) is 22.4. The van der Waals surface area contributed by atoms with Gasteiger partial charge in [-0.25, -0.2) is 4.98 Å². The first-order valence-electron chi connectivity index (χ1n) is 11.8. The van der Waals surface area contributed by atoms with Gasteiger partial charge in [-0.3, -0.25) is 15.1 Å². The number of benzene rings is 1. The Balaban J connectivity index is 1.53. The molecule has 2 saturated heterocycles. The first-order valence-corrected chi connectivity index (χ1v) is 12.6. The maximum absolute atomic E-state index is 13.4. The van der Waals surface area contributed by atoms with Crippen LogP contribution in [-0.4, -0.2) is 73.0 Å². The molecule has 0 saturated carbocycles. The van der Waals surface area contributed by atoms with Gasteiger partial charge in [-0.1, -0.05) is 26.8 Å². The highest BCUT2D eigenvalue weighted by Crippen LogP contribution is 2.33. The summed E-state index contributed by atoms with van der Waals surface area (Å²) in [6, 6.07) is 6.53. The highest BCUT2D eigenvalue weighted by atomic mass is 32.1. The first-order chi connectivity index (χ1) is 15.9. The van der Waals surface area contributed by atoms with Gasteiger partial charge in [-0.2, -0.15) is 4.99 Å². The number of amidine groups is 1. The molecule has 0 aliphatic carbocycles. The highest BCUT2D eigenvalue weighted by molar-refractivity contribution is 7.18. The summed E-state index contributed by atoms with van der Waals surface area (Å²) >= 11 is 1.56. The number of hydrogen-bond donors (Lipinski definition) is 2. The van der Waals surface area contributed by atoms with E-state index in [2.05, 4.69) is 54.5 Å². The van der Waals surface area contributed by atoms with Crippen molar-refractivity contribution in [3.8, 4) is 0 Å². The predicted octanol–water partition coefficient (Wildman–Crippen LogP) is 2.65. The molecule has 33 heavy (non-hydrogen) atoms. The fourth-order valence-electron chi connectivity index (χ4n) is 4.42. The van der Waals surface area contributed by atoms with Gasteiger partial charge in [0.2, 0.25) is 11.9 Å². The fraction of sp³-hybridized carbons (Fsp3) is 0.583. The van der Waals surface area contributed by atoms with Crippen molar-refractivity contribution in [2.24, 2.45) is 9.98 Å². The Hall–Kier alpha value is -2.36. The number of morpholine rings is 1. The van der Waals surface area contributed by atoms with Crippen LogP contribution in [0.2, 0.25) is 0 Å². The third kappa shape index (κ3) is 4.81. The molecule has 8 nitrogen and oxygen atoms in total. The molecule has 176 valence electrons. The number of aromatic nitrogens is 1. The molecule has 3 aliphatic rings. The summed E-state index contributed by atoms with van der Waals surface area (Å²) in [6.45, 7) is 11.1. The zero-order chi connectivity index (χ0) is 23.0. The summed E-state index contributed by atoms with van der Waals surface area (Å²) in [6.07, 6.45) is 2.08. The van der Waals surface area contributed by atoms with Crippen LogP contribution in [-0.2, 0) is 14.9 Å². The van der Waals surface area contributed by atoms with Crippen molar-refractivity contribution in [2.75, 3.05) is 39.4 Å². The minimum absolute atomic E-state index is 0.0398. The van der Waals surface area contributed by atoms with Crippen LogP contribution in [0.4, 0.5) is 0 Å². The normalized spacial score (nSPS) is 25.9. The number of piperidine rings is 1. The maximum Gasteiger partial charge on any atom is 0.244 e. The van der Waals surface area contributed by atoms with Crippen LogP contribution in [0.3, 0.4) is 0 Å². The van der Waals surface area contributed by atoms with Crippen LogP contribution < -0.4 is 10.6 Å². The third-order valence-corrected chi connectivity index (χ3v) is 7.49. The van der Waals surface area contributed by atoms with Gasteiger partial charge in [-0.05, 0) is 42.5 Å². The van der Waals surface area contributed by atoms with E-state index in [1.165, 1.54) is 5.56 Å². The Labute approximate surface area is 198 Å². The van der Waals surface area contributed by atoms with Gasteiger partial charge in [0.15, 0.2) is 0 Å². The molecule has 3 aliphatic heterocycles. The summed E-state index contributed by atoms with van der Waals surface area (Å²) in [5.74, 6) is 0.457. The van der Waals surface area contributed by atoms with Crippen molar-refractivity contribution in [3.05, 3.63) is 28.8 Å². The zero-order valence-corrected chi connectivity index (χ0v) is 20.4. The molecule has 2 aromatic rings. The standard InChI is InChI=1S/C24H32N6O2S/c1-24(2,3)15-6-7-18-17(13-15)27-22(33-18)19-20(26-16-5-4-8-25-14-16)28-23(29-21(19)31)30-9-11-32-12-10-30/h6-7,13,16,19,25H,4-5,8-12,14H2,1-3H3,(H,26,28,29,31)/t16-,19?/m1/s1. The molecule has 0 radical (unpaired) electrons. The molecule has 1 unspecified atom stereocenters. The number of guanidine groups is 1. The lowest BCUT2D eigenvalue weighted by Gasteiger charge is -2.33. The topological polar surface area (TPSA) is 91.2 Å². The van der Waals surface area contributed by atoms with Crippen molar-refractivity contribution in [2.45, 2.75) is 51.0 Å². The zero-order valence-electron chi connectivity index (χ0n) is 19.6. The lowest BCUT2D eigenvalue weighted by molar-refractivity contribution is -0.120. The van der Waals surface area contributed by atoms with Gasteiger partial charge in [0.1, 0.15) is 16.8 Å². The largest absolute Gasteiger partial charge is 0.378 e. The molecule has 9 heteroatoms. The van der Waals surface area contributed by atoms with E-state index >= 15 is 0 Å². The van der Waals surface area contributed by atoms with E-state index in [9.17, 15) is 4.79 Å². The molecule has 1 aromatic carbocycles. The van der Waals surface area contributed by atoms with Crippen molar-refractivity contribution in [3.63, 3.8) is 0 Å². The molecule has 5 rings (SSSR count). The van der Waals surface area contributed by atoms with Crippen molar-refractivity contribution >= 4 is 39.3 Å². The minimum atomic E-state index is -0.591. The average Bonchev–Trinajstić information content (AvgIpc) is 3.22. The SMILES string of the molecule is CC(C)(C)c1ccc2sc(C3C(=O)NC(N4CCOCC4)=NC3=N[C@@H]3CCCNC3)nc2c1. The number of fused-ring (bicyclic) bond motifs is 1. The number of carbonyl (C=O) groups is 1. The van der Waals surface area contributed by atoms with Gasteiger partial charge in [-0.15, -0.1) is 11.3 Å². The van der Waals surface area contributed by atoms with Gasteiger partial charge < -0.3 is 15.0 Å². The molecule has 2 fully saturated rings. The van der Waals surface area contributed by atoms with E-state index in [4.69, 9.17) is 19.7 Å². The number of thiazole rings is 1. The third-order valence-electron chi connectivity index (χ3n) is 6.39. The number of carbonyl (C=O) groups excluding carboxylic acids is 1. The van der Waals surface area contributed by atoms with Crippen LogP contribution in [0.1, 0.15) is 50.1 Å². The number of ether oxygens (including phenoxy) is 1. The predicted molar refractivity (Wildman–Crippen MR) is 132 cm³/mol. The average molecular weight is 469 g/mol. The number of rotatable bonds is 2. The molecule has 1 aromatic heterocycles. The summed E-state index contributed by atoms with van der Waals surface area (Å²) in [5, 5.41) is 7.19. The molecule has 2 atom stereocenters. The van der Waals surface area contributed by atoms with Crippen LogP contribution in [0, 0.1) is 0 Å². The Kier molecular flexibility index (Phi) is 6.20. The summed E-state index contributed by atoms with van der Waals surface area (Å²) < 4.78 is 6.54. The number of nitrogens with one attached hydrogen (secondary N) is 2. The fourth-order valence-corrected chi connectivity index (χ4v) is 5.46. The van der Waals surface area contributed by atoms with Gasteiger partial charge in [0.25, 0.3) is 0 Å². The Morgan fingerprint density at radius 3 is 2.79 bits per heavy atom. The Bertz CT molecular complexity index is 1090. The maximum atomic E-state index is 13.4. The van der Waals surface area contributed by atoms with Crippen molar-refractivity contribution in [1.82, 2.24) is 20.5 Å². The van der Waals surface area contributed by atoms with Crippen molar-refractivity contribution in [1.29, 1.82) is 0 Å². The van der Waals surface area contributed by atoms with Crippen LogP contribution in [0.25, 0.3) is 10.2 Å². The lowest BCUT2D eigenvalue weighted by Crippen LogP contribution is -2.53. The van der Waals surface area contributed by atoms with E-state index in [0.29, 0.717) is 38.1 Å². The van der Waals surface area contributed by atoms with Crippen molar-refractivity contribution < 1.29 is 9.53 Å². The summed E-state index contributed by atoms with van der Waals surface area (Å²) in [5.41, 5.74) is 2.20. The quantitative estimate of drug-likeness (QED) is 0.707. The van der Waals surface area contributed by atoms with Crippen LogP contribution in [0.5, 0.6) is 0 Å². The number of nitrogens with zero attached hydrogens (tertiary/aromatic N) is 4. The van der Waals surface area contributed by atoms with Gasteiger partial charge in [0, 0.05) is 19.6 Å². The molecule has 0 spiro atoms. The molecule has 0 bridgehead atoms. The van der Waals surface area contributed by atoms with E-state index in [-0.39, 0.29) is 17.4 Å². The van der Waals surface area contributed by atoms with E-state index < -0.39 is 5.92 Å². The van der Waals surface area contributed by atoms with E-state index in [0.717, 1.165) is 41.2 Å². The van der Waals surface area contributed by atoms with Crippen LogP contribution in [0.15, 0.2) is 28.2 Å². The Morgan fingerprint density at radius 2 is 2.06 bits per heavy atom.